The van der Waals surface area contributed by atoms with Crippen molar-refractivity contribution < 1.29 is 14.3 Å². The molecule has 0 bridgehead atoms. The third-order valence-electron chi connectivity index (χ3n) is 6.32. The highest BCUT2D eigenvalue weighted by atomic mass is 35.5. The molecule has 2 aromatic carbocycles. The predicted octanol–water partition coefficient (Wildman–Crippen LogP) is 3.62. The molecule has 3 N–H and O–H groups in total. The number of nitrogens with one attached hydrogen (secondary N) is 1. The molecular weight excluding hydrogens is 475 g/mol. The summed E-state index contributed by atoms with van der Waals surface area (Å²) in [4.78, 5) is 16.2. The molecule has 0 unspecified atom stereocenters. The van der Waals surface area contributed by atoms with Crippen molar-refractivity contribution in [3.63, 3.8) is 0 Å². The van der Waals surface area contributed by atoms with Crippen molar-refractivity contribution in [3.05, 3.63) is 65.2 Å². The van der Waals surface area contributed by atoms with Gasteiger partial charge in [0, 0.05) is 13.1 Å². The Balaban J connectivity index is 0.00000204. The molecule has 9 heteroatoms. The number of ether oxygens (including phenoxy) is 2. The Hall–Kier alpha value is -2.48. The van der Waals surface area contributed by atoms with Crippen molar-refractivity contribution in [2.24, 2.45) is 11.7 Å². The number of halogens is 2. The van der Waals surface area contributed by atoms with Gasteiger partial charge in [-0.25, -0.2) is 0 Å². The van der Waals surface area contributed by atoms with Crippen LogP contribution in [-0.4, -0.2) is 54.5 Å². The third-order valence-corrected chi connectivity index (χ3v) is 6.32. The summed E-state index contributed by atoms with van der Waals surface area (Å²) in [5.41, 5.74) is 9.15. The fourth-order valence-corrected chi connectivity index (χ4v) is 4.32. The molecule has 0 aliphatic carbocycles. The Morgan fingerprint density at radius 1 is 1.03 bits per heavy atom. The summed E-state index contributed by atoms with van der Waals surface area (Å²) in [5.74, 6) is 1.31. The lowest BCUT2D eigenvalue weighted by Gasteiger charge is -2.31. The molecule has 0 amide bonds. The van der Waals surface area contributed by atoms with Gasteiger partial charge < -0.3 is 20.1 Å². The summed E-state index contributed by atoms with van der Waals surface area (Å²) in [6.45, 7) is 4.58. The quantitative estimate of drug-likeness (QED) is 0.337. The Labute approximate surface area is 213 Å². The highest BCUT2D eigenvalue weighted by Crippen LogP contribution is 2.25. The predicted molar refractivity (Wildman–Crippen MR) is 138 cm³/mol. The van der Waals surface area contributed by atoms with Gasteiger partial charge in [0.2, 0.25) is 0 Å². The molecule has 186 valence electrons. The largest absolute Gasteiger partial charge is 0.493 e. The molecule has 1 saturated heterocycles. The van der Waals surface area contributed by atoms with E-state index in [2.05, 4.69) is 17.0 Å². The smallest absolute Gasteiger partial charge is 0.320 e. The molecule has 0 radical (unpaired) electrons. The van der Waals surface area contributed by atoms with Crippen LogP contribution in [0.2, 0.25) is 0 Å². The minimum absolute atomic E-state index is 0. The topological polar surface area (TPSA) is 91.9 Å². The van der Waals surface area contributed by atoms with Gasteiger partial charge in [0.25, 0.3) is 0 Å². The van der Waals surface area contributed by atoms with Crippen LogP contribution in [0.4, 0.5) is 0 Å². The van der Waals surface area contributed by atoms with E-state index in [9.17, 15) is 4.79 Å². The van der Waals surface area contributed by atoms with Gasteiger partial charge in [-0.3, -0.25) is 15.1 Å². The third kappa shape index (κ3) is 7.79. The van der Waals surface area contributed by atoms with Crippen LogP contribution in [0, 0.1) is 11.3 Å². The summed E-state index contributed by atoms with van der Waals surface area (Å²) in [7, 11) is 0. The van der Waals surface area contributed by atoms with Crippen LogP contribution in [0.1, 0.15) is 29.5 Å². The Morgan fingerprint density at radius 3 is 2.47 bits per heavy atom. The average molecular weight is 509 g/mol. The zero-order valence-electron chi connectivity index (χ0n) is 19.3. The number of piperidine rings is 1. The van der Waals surface area contributed by atoms with Gasteiger partial charge in [-0.15, -0.1) is 24.8 Å². The Morgan fingerprint density at radius 2 is 1.76 bits per heavy atom. The lowest BCUT2D eigenvalue weighted by molar-refractivity contribution is -0.146. The first-order valence-electron chi connectivity index (χ1n) is 11.3. The summed E-state index contributed by atoms with van der Waals surface area (Å²) < 4.78 is 11.5. The summed E-state index contributed by atoms with van der Waals surface area (Å²) in [6, 6.07) is 16.0. The van der Waals surface area contributed by atoms with Crippen molar-refractivity contribution in [1.82, 2.24) is 9.80 Å². The number of hydrogen-bond donors (Lipinski definition) is 2. The normalized spacial score (nSPS) is 15.9. The number of hydrogen-bond acceptors (Lipinski definition) is 5. The highest BCUT2D eigenvalue weighted by molar-refractivity contribution is 5.85. The standard InChI is InChI=1S/C25H32N4O3.2ClH/c26-25(27)29-13-10-21-6-7-23(14-22(21)15-29)31-17-20-8-11-28(12-9-20)16-24(30)32-18-19-4-2-1-3-5-19;;/h1-7,14,20H,8-13,15-18H2,(H3,26,27);2*1H. The molecule has 34 heavy (non-hydrogen) atoms. The van der Waals surface area contributed by atoms with E-state index in [1.807, 2.05) is 41.3 Å². The van der Waals surface area contributed by atoms with Crippen LogP contribution >= 0.6 is 24.8 Å². The van der Waals surface area contributed by atoms with Gasteiger partial charge in [-0.2, -0.15) is 0 Å². The van der Waals surface area contributed by atoms with E-state index < -0.39 is 0 Å². The second kappa shape index (κ2) is 13.4. The minimum Gasteiger partial charge on any atom is -0.493 e. The molecule has 4 rings (SSSR count). The van der Waals surface area contributed by atoms with E-state index in [4.69, 9.17) is 20.6 Å². The van der Waals surface area contributed by atoms with Crippen molar-refractivity contribution in [2.45, 2.75) is 32.4 Å². The van der Waals surface area contributed by atoms with Gasteiger partial charge >= 0.3 is 5.97 Å². The highest BCUT2D eigenvalue weighted by Gasteiger charge is 2.22. The molecule has 2 aliphatic rings. The number of esters is 1. The van der Waals surface area contributed by atoms with E-state index in [1.54, 1.807) is 0 Å². The minimum atomic E-state index is -0.169. The second-order valence-electron chi connectivity index (χ2n) is 8.66. The number of carbonyl (C=O) groups is 1. The maximum Gasteiger partial charge on any atom is 0.320 e. The lowest BCUT2D eigenvalue weighted by atomic mass is 9.97. The van der Waals surface area contributed by atoms with Crippen LogP contribution in [0.5, 0.6) is 5.75 Å². The van der Waals surface area contributed by atoms with E-state index in [0.29, 0.717) is 32.2 Å². The van der Waals surface area contributed by atoms with Gasteiger partial charge in [-0.05, 0) is 67.1 Å². The average Bonchev–Trinajstić information content (AvgIpc) is 2.82. The fourth-order valence-electron chi connectivity index (χ4n) is 4.32. The van der Waals surface area contributed by atoms with Crippen molar-refractivity contribution in [1.29, 1.82) is 5.41 Å². The SMILES string of the molecule is Cl.Cl.N=C(N)N1CCc2ccc(OCC3CCN(CC(=O)OCc4ccccc4)CC3)cc2C1. The van der Waals surface area contributed by atoms with Gasteiger partial charge in [-0.1, -0.05) is 36.4 Å². The maximum absolute atomic E-state index is 12.1. The van der Waals surface area contributed by atoms with Gasteiger partial charge in [0.05, 0.1) is 13.2 Å². The first-order chi connectivity index (χ1) is 15.6. The number of nitrogens with two attached hydrogens (primary N) is 1. The molecule has 0 aromatic heterocycles. The number of rotatable bonds is 7. The van der Waals surface area contributed by atoms with Gasteiger partial charge in [0.1, 0.15) is 12.4 Å². The molecule has 0 atom stereocenters. The first-order valence-corrected chi connectivity index (χ1v) is 11.3. The lowest BCUT2D eigenvalue weighted by Crippen LogP contribution is -2.40. The number of guanidine groups is 1. The van der Waals surface area contributed by atoms with Gasteiger partial charge in [0.15, 0.2) is 5.96 Å². The van der Waals surface area contributed by atoms with E-state index in [-0.39, 0.29) is 36.7 Å². The van der Waals surface area contributed by atoms with Crippen molar-refractivity contribution in [2.75, 3.05) is 32.8 Å². The second-order valence-corrected chi connectivity index (χ2v) is 8.66. The molecule has 7 nitrogen and oxygen atoms in total. The van der Waals surface area contributed by atoms with Crippen LogP contribution in [0.25, 0.3) is 0 Å². The zero-order chi connectivity index (χ0) is 22.3. The zero-order valence-corrected chi connectivity index (χ0v) is 20.9. The summed E-state index contributed by atoms with van der Waals surface area (Å²) >= 11 is 0. The summed E-state index contributed by atoms with van der Waals surface area (Å²) in [5, 5.41) is 7.66. The molecule has 0 saturated carbocycles. The maximum atomic E-state index is 12.1. The Bertz CT molecular complexity index is 937. The van der Waals surface area contributed by atoms with Crippen LogP contribution < -0.4 is 10.5 Å². The number of carbonyl (C=O) groups excluding carboxylic acids is 1. The van der Waals surface area contributed by atoms with Crippen LogP contribution in [0.3, 0.4) is 0 Å². The Kier molecular flexibility index (Phi) is 11.0. The number of likely N-dealkylation sites (tertiary alicyclic amines) is 1. The molecule has 1 fully saturated rings. The van der Waals surface area contributed by atoms with Crippen LogP contribution in [-0.2, 0) is 29.1 Å². The van der Waals surface area contributed by atoms with E-state index in [0.717, 1.165) is 50.2 Å². The molecule has 2 aromatic rings. The number of nitrogens with zero attached hydrogens (tertiary/aromatic N) is 2. The monoisotopic (exact) mass is 508 g/mol. The number of benzene rings is 2. The van der Waals surface area contributed by atoms with Crippen molar-refractivity contribution in [3.8, 4) is 5.75 Å². The van der Waals surface area contributed by atoms with Crippen molar-refractivity contribution >= 4 is 36.7 Å². The molecular formula is C25H34Cl2N4O3. The van der Waals surface area contributed by atoms with Crippen LogP contribution in [0.15, 0.2) is 48.5 Å². The van der Waals surface area contributed by atoms with E-state index >= 15 is 0 Å². The fraction of sp³-hybridized carbons (Fsp3) is 0.440. The molecule has 0 spiro atoms. The first kappa shape index (κ1) is 27.8. The summed E-state index contributed by atoms with van der Waals surface area (Å²) in [6.07, 6.45) is 2.92. The molecule has 2 aliphatic heterocycles. The number of fused-ring (bicyclic) bond motifs is 1. The molecule has 2 heterocycles. The van der Waals surface area contributed by atoms with E-state index in [1.165, 1.54) is 11.1 Å².